The molecule has 1 atom stereocenters. The summed E-state index contributed by atoms with van der Waals surface area (Å²) in [5.41, 5.74) is 2.32. The molecule has 0 bridgehead atoms. The van der Waals surface area contributed by atoms with Crippen molar-refractivity contribution in [1.29, 1.82) is 0 Å². The summed E-state index contributed by atoms with van der Waals surface area (Å²) < 4.78 is 10.7. The minimum atomic E-state index is -0.870. The van der Waals surface area contributed by atoms with Crippen molar-refractivity contribution < 1.29 is 19.1 Å². The number of carbonyl (C=O) groups is 2. The molecule has 3 rings (SSSR count). The van der Waals surface area contributed by atoms with Crippen molar-refractivity contribution in [2.75, 3.05) is 38.3 Å². The average Bonchev–Trinajstić information content (AvgIpc) is 2.74. The number of hydrogen-bond acceptors (Lipinski definition) is 5. The van der Waals surface area contributed by atoms with Crippen LogP contribution in [0, 0.1) is 0 Å². The van der Waals surface area contributed by atoms with Crippen LogP contribution >= 0.6 is 0 Å². The maximum Gasteiger partial charge on any atom is 0.338 e. The Bertz CT molecular complexity index is 786. The van der Waals surface area contributed by atoms with E-state index in [1.54, 1.807) is 26.1 Å². The quantitative estimate of drug-likeness (QED) is 0.719. The highest BCUT2D eigenvalue weighted by molar-refractivity contribution is 5.98. The topological polar surface area (TPSA) is 59.1 Å². The number of rotatable bonds is 6. The number of esters is 1. The van der Waals surface area contributed by atoms with Gasteiger partial charge in [-0.25, -0.2) is 4.79 Å². The number of hydrogen-bond donors (Lipinski definition) is 0. The van der Waals surface area contributed by atoms with Crippen LogP contribution in [0.4, 0.5) is 5.69 Å². The summed E-state index contributed by atoms with van der Waals surface area (Å²) in [4.78, 5) is 28.7. The van der Waals surface area contributed by atoms with E-state index in [9.17, 15) is 9.59 Å². The Morgan fingerprint density at radius 3 is 2.36 bits per heavy atom. The van der Waals surface area contributed by atoms with Crippen molar-refractivity contribution in [3.63, 3.8) is 0 Å². The van der Waals surface area contributed by atoms with Crippen molar-refractivity contribution in [1.82, 2.24) is 4.90 Å². The molecule has 1 aliphatic heterocycles. The lowest BCUT2D eigenvalue weighted by Crippen LogP contribution is -2.37. The second kappa shape index (κ2) is 9.48. The van der Waals surface area contributed by atoms with Gasteiger partial charge in [0.1, 0.15) is 0 Å². The molecule has 1 saturated heterocycles. The standard InChI is InChI=1S/C22H26N2O4/c1-17(21(25)23(2)20-6-4-3-5-7-20)28-22(26)19-10-8-18(9-11-19)16-24-12-14-27-15-13-24/h3-11,17H,12-16H2,1-2H3/t17-/m0/s1. The van der Waals surface area contributed by atoms with E-state index >= 15 is 0 Å². The zero-order valence-corrected chi connectivity index (χ0v) is 16.3. The molecule has 0 aliphatic carbocycles. The van der Waals surface area contributed by atoms with E-state index in [0.717, 1.165) is 44.1 Å². The molecule has 2 aromatic carbocycles. The number of amides is 1. The van der Waals surface area contributed by atoms with Crippen LogP contribution < -0.4 is 4.90 Å². The van der Waals surface area contributed by atoms with Crippen molar-refractivity contribution in [2.24, 2.45) is 0 Å². The summed E-state index contributed by atoms with van der Waals surface area (Å²) in [6.45, 7) is 5.76. The zero-order chi connectivity index (χ0) is 19.9. The van der Waals surface area contributed by atoms with Crippen molar-refractivity contribution >= 4 is 17.6 Å². The fraction of sp³-hybridized carbons (Fsp3) is 0.364. The summed E-state index contributed by atoms with van der Waals surface area (Å²) in [5.74, 6) is -0.774. The molecule has 28 heavy (non-hydrogen) atoms. The van der Waals surface area contributed by atoms with E-state index in [0.29, 0.717) is 5.56 Å². The van der Waals surface area contributed by atoms with Crippen LogP contribution in [0.1, 0.15) is 22.8 Å². The molecule has 6 nitrogen and oxygen atoms in total. The number of carbonyl (C=O) groups excluding carboxylic acids is 2. The third kappa shape index (κ3) is 5.18. The maximum atomic E-state index is 12.5. The Labute approximate surface area is 165 Å². The number of nitrogens with zero attached hydrogens (tertiary/aromatic N) is 2. The van der Waals surface area contributed by atoms with Crippen LogP contribution in [0.15, 0.2) is 54.6 Å². The Kier molecular flexibility index (Phi) is 6.79. The summed E-state index contributed by atoms with van der Waals surface area (Å²) in [6.07, 6.45) is -0.870. The molecule has 1 aliphatic rings. The lowest BCUT2D eigenvalue weighted by Gasteiger charge is -2.26. The van der Waals surface area contributed by atoms with Crippen LogP contribution in [0.5, 0.6) is 0 Å². The van der Waals surface area contributed by atoms with Crippen LogP contribution in [0.25, 0.3) is 0 Å². The van der Waals surface area contributed by atoms with Gasteiger partial charge < -0.3 is 14.4 Å². The molecule has 0 saturated carbocycles. The van der Waals surface area contributed by atoms with Crippen LogP contribution in [0.3, 0.4) is 0 Å². The largest absolute Gasteiger partial charge is 0.449 e. The first-order chi connectivity index (χ1) is 13.5. The van der Waals surface area contributed by atoms with Crippen LogP contribution in [-0.2, 0) is 20.8 Å². The summed E-state index contributed by atoms with van der Waals surface area (Å²) >= 11 is 0. The lowest BCUT2D eigenvalue weighted by molar-refractivity contribution is -0.126. The third-order valence-corrected chi connectivity index (χ3v) is 4.81. The molecular formula is C22H26N2O4. The Hall–Kier alpha value is -2.70. The van der Waals surface area contributed by atoms with E-state index < -0.39 is 12.1 Å². The summed E-state index contributed by atoms with van der Waals surface area (Å²) in [5, 5.41) is 0. The molecule has 2 aromatic rings. The number of benzene rings is 2. The first-order valence-corrected chi connectivity index (χ1v) is 9.47. The summed E-state index contributed by atoms with van der Waals surface area (Å²) in [6, 6.07) is 16.6. The smallest absolute Gasteiger partial charge is 0.338 e. The molecule has 0 unspecified atom stereocenters. The predicted molar refractivity (Wildman–Crippen MR) is 107 cm³/mol. The van der Waals surface area contributed by atoms with Gasteiger partial charge in [0.15, 0.2) is 6.10 Å². The number of anilines is 1. The molecule has 0 N–H and O–H groups in total. The van der Waals surface area contributed by atoms with Gasteiger partial charge in [0.25, 0.3) is 5.91 Å². The van der Waals surface area contributed by atoms with Gasteiger partial charge >= 0.3 is 5.97 Å². The molecular weight excluding hydrogens is 356 g/mol. The van der Waals surface area contributed by atoms with Gasteiger partial charge in [-0.05, 0) is 36.8 Å². The van der Waals surface area contributed by atoms with Gasteiger partial charge in [-0.1, -0.05) is 30.3 Å². The van der Waals surface area contributed by atoms with Crippen LogP contribution in [-0.4, -0.2) is 56.2 Å². The van der Waals surface area contributed by atoms with E-state index in [2.05, 4.69) is 4.90 Å². The zero-order valence-electron chi connectivity index (χ0n) is 16.3. The van der Waals surface area contributed by atoms with Crippen molar-refractivity contribution in [3.05, 3.63) is 65.7 Å². The highest BCUT2D eigenvalue weighted by Crippen LogP contribution is 2.15. The van der Waals surface area contributed by atoms with Gasteiger partial charge in [0, 0.05) is 32.4 Å². The van der Waals surface area contributed by atoms with E-state index in [1.807, 2.05) is 42.5 Å². The minimum absolute atomic E-state index is 0.275. The van der Waals surface area contributed by atoms with Gasteiger partial charge in [-0.15, -0.1) is 0 Å². The SMILES string of the molecule is C[C@H](OC(=O)c1ccc(CN2CCOCC2)cc1)C(=O)N(C)c1ccccc1. The molecule has 148 valence electrons. The Morgan fingerprint density at radius 1 is 1.07 bits per heavy atom. The fourth-order valence-electron chi connectivity index (χ4n) is 3.09. The second-order valence-corrected chi connectivity index (χ2v) is 6.87. The lowest BCUT2D eigenvalue weighted by atomic mass is 10.1. The van der Waals surface area contributed by atoms with E-state index in [-0.39, 0.29) is 5.91 Å². The van der Waals surface area contributed by atoms with E-state index in [1.165, 1.54) is 4.90 Å². The van der Waals surface area contributed by atoms with Gasteiger partial charge in [0.2, 0.25) is 0 Å². The van der Waals surface area contributed by atoms with Gasteiger partial charge in [-0.3, -0.25) is 9.69 Å². The number of morpholine rings is 1. The predicted octanol–water partition coefficient (Wildman–Crippen LogP) is 2.73. The third-order valence-electron chi connectivity index (χ3n) is 4.81. The highest BCUT2D eigenvalue weighted by Gasteiger charge is 2.23. The molecule has 1 amide bonds. The molecule has 1 fully saturated rings. The van der Waals surface area contributed by atoms with Crippen molar-refractivity contribution in [2.45, 2.75) is 19.6 Å². The maximum absolute atomic E-state index is 12.5. The first kappa shape index (κ1) is 20.0. The first-order valence-electron chi connectivity index (χ1n) is 9.47. The molecule has 0 spiro atoms. The summed E-state index contributed by atoms with van der Waals surface area (Å²) in [7, 11) is 1.67. The minimum Gasteiger partial charge on any atom is -0.449 e. The highest BCUT2D eigenvalue weighted by atomic mass is 16.5. The normalized spacial score (nSPS) is 15.6. The number of ether oxygens (including phenoxy) is 2. The molecule has 0 aromatic heterocycles. The molecule has 0 radical (unpaired) electrons. The Morgan fingerprint density at radius 2 is 1.71 bits per heavy atom. The number of likely N-dealkylation sites (N-methyl/N-ethyl adjacent to an activating group) is 1. The monoisotopic (exact) mass is 382 g/mol. The molecule has 6 heteroatoms. The Balaban J connectivity index is 1.55. The van der Waals surface area contributed by atoms with E-state index in [4.69, 9.17) is 9.47 Å². The van der Waals surface area contributed by atoms with Gasteiger partial charge in [-0.2, -0.15) is 0 Å². The average molecular weight is 382 g/mol. The fourth-order valence-corrected chi connectivity index (χ4v) is 3.09. The second-order valence-electron chi connectivity index (χ2n) is 6.87. The number of para-hydroxylation sites is 1. The molecule has 1 heterocycles. The van der Waals surface area contributed by atoms with Gasteiger partial charge in [0.05, 0.1) is 18.8 Å². The van der Waals surface area contributed by atoms with Crippen molar-refractivity contribution in [3.8, 4) is 0 Å². The van der Waals surface area contributed by atoms with Crippen LogP contribution in [0.2, 0.25) is 0 Å².